The second-order valence-electron chi connectivity index (χ2n) is 13.1. The maximum atomic E-state index is 12.6. The number of rotatable bonds is 38. The van der Waals surface area contributed by atoms with E-state index in [9.17, 15) is 14.3 Å². The number of nitrogens with two attached hydrogens (primary N) is 1. The first-order chi connectivity index (χ1) is 26.4. The lowest BCUT2D eigenvalue weighted by molar-refractivity contribution is -0.154. The summed E-state index contributed by atoms with van der Waals surface area (Å²) in [4.78, 5) is 22.5. The summed E-state index contributed by atoms with van der Waals surface area (Å²) >= 11 is 0. The van der Waals surface area contributed by atoms with Gasteiger partial charge in [0.1, 0.15) is 6.10 Å². The van der Waals surface area contributed by atoms with E-state index >= 15 is 0 Å². The molecule has 0 heterocycles. The Bertz CT molecular complexity index is 1140. The van der Waals surface area contributed by atoms with Gasteiger partial charge in [0.15, 0.2) is 0 Å². The van der Waals surface area contributed by atoms with Gasteiger partial charge in [-0.05, 0) is 83.5 Å². The number of phosphoric ester groups is 1. The molecule has 0 bridgehead atoms. The van der Waals surface area contributed by atoms with Crippen molar-refractivity contribution in [2.75, 3.05) is 33.0 Å². The zero-order valence-electron chi connectivity index (χ0n) is 33.9. The number of hydrogen-bond acceptors (Lipinski definition) is 7. The molecule has 0 aromatic rings. The highest BCUT2D eigenvalue weighted by Crippen LogP contribution is 2.43. The molecule has 0 saturated heterocycles. The summed E-state index contributed by atoms with van der Waals surface area (Å²) in [6.07, 6.45) is 54.4. The summed E-state index contributed by atoms with van der Waals surface area (Å²) < 4.78 is 33.3. The predicted octanol–water partition coefficient (Wildman–Crippen LogP) is 12.3. The Balaban J connectivity index is 4.14. The summed E-state index contributed by atoms with van der Waals surface area (Å²) in [5, 5.41) is 0. The fourth-order valence-electron chi connectivity index (χ4n) is 5.05. The van der Waals surface area contributed by atoms with Crippen molar-refractivity contribution >= 4 is 13.8 Å². The molecule has 0 radical (unpaired) electrons. The molecule has 0 aliphatic carbocycles. The van der Waals surface area contributed by atoms with E-state index in [0.717, 1.165) is 89.9 Å². The number of ether oxygens (including phenoxy) is 2. The first kappa shape index (κ1) is 51.4. The van der Waals surface area contributed by atoms with E-state index in [1.54, 1.807) is 0 Å². The van der Waals surface area contributed by atoms with Crippen molar-refractivity contribution in [1.29, 1.82) is 0 Å². The van der Waals surface area contributed by atoms with Crippen molar-refractivity contribution in [3.63, 3.8) is 0 Å². The number of carbonyl (C=O) groups excluding carboxylic acids is 1. The molecule has 0 aromatic carbocycles. The minimum atomic E-state index is -4.30. The van der Waals surface area contributed by atoms with Crippen LogP contribution < -0.4 is 5.73 Å². The molecular weight excluding hydrogens is 697 g/mol. The second-order valence-corrected chi connectivity index (χ2v) is 14.5. The number of unbranched alkanes of at least 4 members (excludes halogenated alkanes) is 9. The molecule has 9 heteroatoms. The smallest absolute Gasteiger partial charge is 0.457 e. The van der Waals surface area contributed by atoms with Crippen LogP contribution in [-0.4, -0.2) is 49.9 Å². The largest absolute Gasteiger partial charge is 0.472 e. The molecule has 0 spiro atoms. The highest BCUT2D eigenvalue weighted by atomic mass is 31.2. The number of allylic oxidation sites excluding steroid dienone is 16. The zero-order chi connectivity index (χ0) is 39.5. The van der Waals surface area contributed by atoms with Crippen LogP contribution >= 0.6 is 7.82 Å². The lowest BCUT2D eigenvalue weighted by atomic mass is 10.1. The summed E-state index contributed by atoms with van der Waals surface area (Å²) in [5.74, 6) is -0.362. The summed E-state index contributed by atoms with van der Waals surface area (Å²) in [6, 6.07) is 0. The van der Waals surface area contributed by atoms with Crippen LogP contribution in [0.5, 0.6) is 0 Å². The van der Waals surface area contributed by atoms with Crippen molar-refractivity contribution < 1.29 is 32.8 Å². The Morgan fingerprint density at radius 3 is 1.46 bits per heavy atom. The van der Waals surface area contributed by atoms with Crippen LogP contribution in [0.4, 0.5) is 0 Å². The molecule has 0 aromatic heterocycles. The fourth-order valence-corrected chi connectivity index (χ4v) is 5.81. The van der Waals surface area contributed by atoms with Gasteiger partial charge in [-0.25, -0.2) is 4.57 Å². The zero-order valence-corrected chi connectivity index (χ0v) is 34.8. The van der Waals surface area contributed by atoms with E-state index in [-0.39, 0.29) is 38.8 Å². The normalized spacial score (nSPS) is 14.5. The summed E-state index contributed by atoms with van der Waals surface area (Å²) in [6.45, 7) is 4.50. The Hall–Kier alpha value is -2.58. The van der Waals surface area contributed by atoms with E-state index in [1.807, 2.05) is 0 Å². The maximum absolute atomic E-state index is 12.6. The quantitative estimate of drug-likeness (QED) is 0.0276. The molecule has 0 aliphatic rings. The Morgan fingerprint density at radius 1 is 0.556 bits per heavy atom. The van der Waals surface area contributed by atoms with E-state index in [0.29, 0.717) is 6.61 Å². The standard InChI is InChI=1S/C45H76NO7P/c1-3-5-7-9-11-13-15-17-19-20-21-22-23-24-25-26-28-30-32-34-36-38-45(47)53-44(43-52-54(48,49)51-41-39-46)42-50-40-37-35-33-31-29-27-18-16-14-12-10-8-6-4-2/h5-8,11-14,17-19,21-22,27,31,33,44H,3-4,9-10,15-16,20,23-26,28-30,32,34-43,46H2,1-2H3,(H,48,49)/b7-5-,8-6-,13-11-,14-12-,19-17-,22-21-,27-18-,33-31-. The monoisotopic (exact) mass is 774 g/mol. The third-order valence-corrected chi connectivity index (χ3v) is 8.98. The van der Waals surface area contributed by atoms with Crippen LogP contribution in [0, 0.1) is 0 Å². The third kappa shape index (κ3) is 40.6. The Labute approximate surface area is 330 Å². The van der Waals surface area contributed by atoms with Crippen molar-refractivity contribution in [2.45, 2.75) is 148 Å². The van der Waals surface area contributed by atoms with Crippen molar-refractivity contribution in [2.24, 2.45) is 5.73 Å². The highest BCUT2D eigenvalue weighted by molar-refractivity contribution is 7.47. The van der Waals surface area contributed by atoms with E-state index in [1.165, 1.54) is 32.1 Å². The minimum absolute atomic E-state index is 0.0686. The molecule has 0 amide bonds. The van der Waals surface area contributed by atoms with Crippen LogP contribution in [-0.2, 0) is 27.9 Å². The number of hydrogen-bond donors (Lipinski definition) is 2. The van der Waals surface area contributed by atoms with E-state index in [2.05, 4.69) is 111 Å². The topological polar surface area (TPSA) is 117 Å². The van der Waals surface area contributed by atoms with Crippen molar-refractivity contribution in [3.8, 4) is 0 Å². The second kappa shape index (κ2) is 41.6. The van der Waals surface area contributed by atoms with E-state index in [4.69, 9.17) is 24.3 Å². The molecule has 2 atom stereocenters. The van der Waals surface area contributed by atoms with Crippen molar-refractivity contribution in [1.82, 2.24) is 0 Å². The van der Waals surface area contributed by atoms with Gasteiger partial charge in [0.2, 0.25) is 0 Å². The van der Waals surface area contributed by atoms with Gasteiger partial charge in [0.25, 0.3) is 0 Å². The molecule has 0 aliphatic heterocycles. The molecular formula is C45H76NO7P. The molecule has 0 fully saturated rings. The van der Waals surface area contributed by atoms with Crippen LogP contribution in [0.1, 0.15) is 142 Å². The van der Waals surface area contributed by atoms with Crippen LogP contribution in [0.15, 0.2) is 97.2 Å². The van der Waals surface area contributed by atoms with Crippen LogP contribution in [0.25, 0.3) is 0 Å². The molecule has 8 nitrogen and oxygen atoms in total. The van der Waals surface area contributed by atoms with Gasteiger partial charge < -0.3 is 20.1 Å². The Kier molecular flexibility index (Phi) is 39.6. The SMILES string of the molecule is CC/C=C\C/C=C\C/C=C\C/C=C\CCCCCCCCCCC(=O)OC(COCCC/C=C\C/C=C\C/C=C\C/C=C\CC)COP(=O)(O)OCCN. The fraction of sp³-hybridized carbons (Fsp3) is 0.622. The first-order valence-electron chi connectivity index (χ1n) is 20.7. The average molecular weight is 774 g/mol. The van der Waals surface area contributed by atoms with Gasteiger partial charge in [-0.2, -0.15) is 0 Å². The third-order valence-electron chi connectivity index (χ3n) is 8.00. The number of phosphoric acid groups is 1. The first-order valence-corrected chi connectivity index (χ1v) is 22.2. The van der Waals surface area contributed by atoms with E-state index < -0.39 is 13.9 Å². The van der Waals surface area contributed by atoms with Crippen LogP contribution in [0.2, 0.25) is 0 Å². The van der Waals surface area contributed by atoms with Gasteiger partial charge >= 0.3 is 13.8 Å². The summed E-state index contributed by atoms with van der Waals surface area (Å²) in [7, 11) is -4.30. The van der Waals surface area contributed by atoms with Crippen molar-refractivity contribution in [3.05, 3.63) is 97.2 Å². The lowest BCUT2D eigenvalue weighted by Gasteiger charge is -2.20. The Morgan fingerprint density at radius 2 is 0.981 bits per heavy atom. The van der Waals surface area contributed by atoms with Gasteiger partial charge in [-0.1, -0.05) is 150 Å². The average Bonchev–Trinajstić information content (AvgIpc) is 3.16. The lowest BCUT2D eigenvalue weighted by Crippen LogP contribution is -2.28. The highest BCUT2D eigenvalue weighted by Gasteiger charge is 2.25. The molecule has 308 valence electrons. The number of carbonyl (C=O) groups is 1. The maximum Gasteiger partial charge on any atom is 0.472 e. The molecule has 54 heavy (non-hydrogen) atoms. The number of esters is 1. The predicted molar refractivity (Wildman–Crippen MR) is 228 cm³/mol. The van der Waals surface area contributed by atoms with Gasteiger partial charge in [-0.15, -0.1) is 0 Å². The molecule has 0 saturated carbocycles. The molecule has 2 unspecified atom stereocenters. The molecule has 3 N–H and O–H groups in total. The van der Waals surface area contributed by atoms with Crippen LogP contribution in [0.3, 0.4) is 0 Å². The summed E-state index contributed by atoms with van der Waals surface area (Å²) in [5.41, 5.74) is 5.36. The molecule has 0 rings (SSSR count). The van der Waals surface area contributed by atoms with Gasteiger partial charge in [0, 0.05) is 19.6 Å². The van der Waals surface area contributed by atoms with Gasteiger partial charge in [0.05, 0.1) is 19.8 Å². The minimum Gasteiger partial charge on any atom is -0.457 e. The van der Waals surface area contributed by atoms with Gasteiger partial charge in [-0.3, -0.25) is 13.8 Å².